The number of aliphatic carboxylic acids is 1. The SMILES string of the molecule is C=CC(=O)OC(C)(C)C.CO[C@@]1(NC(=O)CSC(F)F)C(=O)N2C(C(=O)O)=C(CSc3nnnn3CCO)CO[C@@H]21. The maximum atomic E-state index is 12.8. The van der Waals surface area contributed by atoms with Crippen LogP contribution in [0, 0.1) is 0 Å². The summed E-state index contributed by atoms with van der Waals surface area (Å²) in [7, 11) is 1.11. The number of aliphatic hydroxyl groups excluding tert-OH is 1. The van der Waals surface area contributed by atoms with E-state index < -0.39 is 46.8 Å². The van der Waals surface area contributed by atoms with Gasteiger partial charge in [0.2, 0.25) is 11.1 Å². The van der Waals surface area contributed by atoms with Gasteiger partial charge in [0.1, 0.15) is 11.3 Å². The first-order chi connectivity index (χ1) is 19.2. The Bertz CT molecular complexity index is 1180. The number of carbonyl (C=O) groups is 4. The number of amides is 2. The van der Waals surface area contributed by atoms with Crippen LogP contribution in [0.3, 0.4) is 0 Å². The molecule has 2 atom stereocenters. The number of nitrogens with zero attached hydrogens (tertiary/aromatic N) is 5. The molecule has 0 spiro atoms. The molecule has 15 nitrogen and oxygen atoms in total. The number of ether oxygens (including phenoxy) is 3. The van der Waals surface area contributed by atoms with E-state index >= 15 is 0 Å². The van der Waals surface area contributed by atoms with Crippen molar-refractivity contribution >= 4 is 47.3 Å². The number of esters is 1. The average molecular weight is 625 g/mol. The number of aliphatic hydroxyl groups is 1. The number of halogens is 2. The zero-order valence-corrected chi connectivity index (χ0v) is 24.2. The van der Waals surface area contributed by atoms with Crippen molar-refractivity contribution in [1.82, 2.24) is 30.4 Å². The van der Waals surface area contributed by atoms with Gasteiger partial charge in [0.25, 0.3) is 17.4 Å². The van der Waals surface area contributed by atoms with Crippen molar-refractivity contribution in [2.45, 2.75) is 55.8 Å². The number of carboxylic acids is 1. The molecule has 41 heavy (non-hydrogen) atoms. The van der Waals surface area contributed by atoms with Crippen LogP contribution in [0.2, 0.25) is 0 Å². The lowest BCUT2D eigenvalue weighted by Gasteiger charge is -2.55. The van der Waals surface area contributed by atoms with E-state index in [1.54, 1.807) is 0 Å². The summed E-state index contributed by atoms with van der Waals surface area (Å²) >= 11 is 1.14. The van der Waals surface area contributed by atoms with Gasteiger partial charge in [-0.15, -0.1) is 5.10 Å². The summed E-state index contributed by atoms with van der Waals surface area (Å²) < 4.78 is 41.6. The zero-order chi connectivity index (χ0) is 31.0. The number of hydrogen-bond acceptors (Lipinski definition) is 13. The normalized spacial score (nSPS) is 20.0. The van der Waals surface area contributed by atoms with E-state index in [0.29, 0.717) is 5.16 Å². The van der Waals surface area contributed by atoms with Gasteiger partial charge in [-0.2, -0.15) is 8.78 Å². The van der Waals surface area contributed by atoms with E-state index in [1.807, 2.05) is 20.8 Å². The monoisotopic (exact) mass is 624 g/mol. The number of tetrazole rings is 1. The topological polar surface area (TPSA) is 195 Å². The van der Waals surface area contributed by atoms with Crippen LogP contribution in [-0.2, 0) is 39.9 Å². The summed E-state index contributed by atoms with van der Waals surface area (Å²) in [6, 6.07) is 0. The fourth-order valence-electron chi connectivity index (χ4n) is 3.47. The molecule has 3 heterocycles. The lowest BCUT2D eigenvalue weighted by molar-refractivity contribution is -0.257. The molecule has 0 unspecified atom stereocenters. The molecular formula is C22H30F2N6O9S2. The Hall–Kier alpha value is -3.13. The molecule has 3 N–H and O–H groups in total. The number of methoxy groups -OCH3 is 1. The standard InChI is InChI=1S/C15H18F2N6O7S2.C7H12O2/c1-29-15(18-8(25)6-31-13(16)17)11(28)23-9(10(26)27)7(4-30-12(15)23)5-32-14-19-20-21-22(14)2-3-24;1-5-6(8)9-7(2,3)4/h12-13,24H,2-6H2,1H3,(H,18,25)(H,26,27);5H,1H2,2-4H3/t12-,15+;/m1./s1. The van der Waals surface area contributed by atoms with Gasteiger partial charge in [-0.3, -0.25) is 14.5 Å². The number of carboxylic acid groups (broad SMARTS) is 1. The summed E-state index contributed by atoms with van der Waals surface area (Å²) in [6.07, 6.45) is -0.134. The highest BCUT2D eigenvalue weighted by atomic mass is 32.2. The number of hydrogen-bond donors (Lipinski definition) is 3. The maximum Gasteiger partial charge on any atom is 0.352 e. The molecule has 1 saturated heterocycles. The summed E-state index contributed by atoms with van der Waals surface area (Å²) in [5.74, 6) is -6.93. The van der Waals surface area contributed by atoms with Crippen molar-refractivity contribution in [3.05, 3.63) is 23.9 Å². The van der Waals surface area contributed by atoms with Crippen molar-refractivity contribution in [2.75, 3.05) is 31.8 Å². The quantitative estimate of drug-likeness (QED) is 0.0939. The minimum atomic E-state index is -2.78. The predicted molar refractivity (Wildman–Crippen MR) is 139 cm³/mol. The molecule has 19 heteroatoms. The van der Waals surface area contributed by atoms with Crippen molar-refractivity contribution in [2.24, 2.45) is 0 Å². The third-order valence-electron chi connectivity index (χ3n) is 5.06. The average Bonchev–Trinajstić information content (AvgIpc) is 3.34. The van der Waals surface area contributed by atoms with Crippen LogP contribution in [0.25, 0.3) is 0 Å². The summed E-state index contributed by atoms with van der Waals surface area (Å²) in [5.41, 5.74) is -2.52. The van der Waals surface area contributed by atoms with Crippen molar-refractivity contribution in [1.29, 1.82) is 0 Å². The number of thioether (sulfide) groups is 2. The van der Waals surface area contributed by atoms with Crippen LogP contribution in [0.15, 0.2) is 29.1 Å². The first kappa shape index (κ1) is 34.1. The second-order valence-electron chi connectivity index (χ2n) is 9.09. The highest BCUT2D eigenvalue weighted by Gasteiger charge is 2.67. The lowest BCUT2D eigenvalue weighted by Crippen LogP contribution is -2.82. The van der Waals surface area contributed by atoms with E-state index in [4.69, 9.17) is 19.3 Å². The van der Waals surface area contributed by atoms with Gasteiger partial charge in [-0.1, -0.05) is 30.1 Å². The molecule has 3 rings (SSSR count). The number of fused-ring (bicyclic) bond motifs is 1. The summed E-state index contributed by atoms with van der Waals surface area (Å²) in [6.45, 7) is 8.44. The molecule has 2 amide bonds. The van der Waals surface area contributed by atoms with Gasteiger partial charge in [0, 0.05) is 18.9 Å². The number of β-lactam (4-membered cyclic amide) rings is 1. The summed E-state index contributed by atoms with van der Waals surface area (Å²) in [4.78, 5) is 48.1. The number of aromatic nitrogens is 4. The van der Waals surface area contributed by atoms with Gasteiger partial charge >= 0.3 is 11.9 Å². The zero-order valence-electron chi connectivity index (χ0n) is 22.5. The Morgan fingerprint density at radius 1 is 1.37 bits per heavy atom. The molecule has 0 aromatic carbocycles. The van der Waals surface area contributed by atoms with E-state index in [-0.39, 0.29) is 54.5 Å². The van der Waals surface area contributed by atoms with E-state index in [2.05, 4.69) is 27.4 Å². The van der Waals surface area contributed by atoms with E-state index in [1.165, 1.54) is 4.68 Å². The summed E-state index contributed by atoms with van der Waals surface area (Å²) in [5, 5.41) is 32.3. The molecule has 2 aliphatic rings. The fraction of sp³-hybridized carbons (Fsp3) is 0.591. The molecular weight excluding hydrogens is 594 g/mol. The molecule has 0 bridgehead atoms. The van der Waals surface area contributed by atoms with Gasteiger partial charge in [0.15, 0.2) is 6.23 Å². The third kappa shape index (κ3) is 8.68. The lowest BCUT2D eigenvalue weighted by atomic mass is 9.94. The Morgan fingerprint density at radius 2 is 2.05 bits per heavy atom. The molecule has 0 aliphatic carbocycles. The second kappa shape index (κ2) is 14.7. The minimum absolute atomic E-state index is 0.0569. The number of nitrogens with one attached hydrogen (secondary N) is 1. The number of alkyl halides is 2. The van der Waals surface area contributed by atoms with Crippen LogP contribution >= 0.6 is 23.5 Å². The van der Waals surface area contributed by atoms with Gasteiger partial charge < -0.3 is 29.7 Å². The highest BCUT2D eigenvalue weighted by molar-refractivity contribution is 8.00. The van der Waals surface area contributed by atoms with Crippen LogP contribution in [0.5, 0.6) is 0 Å². The molecule has 0 saturated carbocycles. The van der Waals surface area contributed by atoms with Crippen molar-refractivity contribution < 1.29 is 52.4 Å². The fourth-order valence-corrected chi connectivity index (χ4v) is 4.71. The Labute approximate surface area is 241 Å². The van der Waals surface area contributed by atoms with Crippen LogP contribution in [0.4, 0.5) is 8.78 Å². The first-order valence-corrected chi connectivity index (χ1v) is 13.8. The first-order valence-electron chi connectivity index (χ1n) is 11.7. The maximum absolute atomic E-state index is 12.8. The van der Waals surface area contributed by atoms with Crippen LogP contribution < -0.4 is 5.32 Å². The second-order valence-corrected chi connectivity index (χ2v) is 11.0. The minimum Gasteiger partial charge on any atom is -0.477 e. The number of carbonyl (C=O) groups excluding carboxylic acids is 3. The van der Waals surface area contributed by atoms with Crippen molar-refractivity contribution in [3.63, 3.8) is 0 Å². The largest absolute Gasteiger partial charge is 0.477 e. The Balaban J connectivity index is 0.000000564. The number of rotatable bonds is 12. The molecule has 1 aromatic heterocycles. The molecule has 1 fully saturated rings. The van der Waals surface area contributed by atoms with Crippen molar-refractivity contribution in [3.8, 4) is 0 Å². The van der Waals surface area contributed by atoms with Gasteiger partial charge in [0.05, 0.1) is 25.5 Å². The Morgan fingerprint density at radius 3 is 2.56 bits per heavy atom. The molecule has 1 aromatic rings. The van der Waals surface area contributed by atoms with Gasteiger partial charge in [-0.05, 0) is 36.8 Å². The molecule has 0 radical (unpaired) electrons. The Kier molecular flexibility index (Phi) is 12.2. The smallest absolute Gasteiger partial charge is 0.352 e. The molecule has 2 aliphatic heterocycles. The third-order valence-corrected chi connectivity index (χ3v) is 6.78. The predicted octanol–water partition coefficient (Wildman–Crippen LogP) is 0.224. The molecule has 228 valence electrons. The van der Waals surface area contributed by atoms with Crippen LogP contribution in [0.1, 0.15) is 20.8 Å². The van der Waals surface area contributed by atoms with E-state index in [0.717, 1.165) is 29.8 Å². The highest BCUT2D eigenvalue weighted by Crippen LogP contribution is 2.41. The van der Waals surface area contributed by atoms with E-state index in [9.17, 15) is 33.1 Å². The van der Waals surface area contributed by atoms with Gasteiger partial charge in [-0.25, -0.2) is 14.3 Å². The van der Waals surface area contributed by atoms with Crippen LogP contribution in [-0.4, -0.2) is 114 Å².